The van der Waals surface area contributed by atoms with Gasteiger partial charge in [-0.15, -0.1) is 11.3 Å². The number of rotatable bonds is 2. The molecular formula is C37H24N2OS. The van der Waals surface area contributed by atoms with Gasteiger partial charge >= 0.3 is 0 Å². The molecule has 0 unspecified atom stereocenters. The topological polar surface area (TPSA) is 38.9 Å². The predicted octanol–water partition coefficient (Wildman–Crippen LogP) is 10.4. The first-order chi connectivity index (χ1) is 20.1. The number of furan rings is 1. The first-order valence-corrected chi connectivity index (χ1v) is 14.7. The van der Waals surface area contributed by atoms with Crippen molar-refractivity contribution in [3.8, 4) is 33.8 Å². The Kier molecular flexibility index (Phi) is 4.55. The lowest BCUT2D eigenvalue weighted by atomic mass is 9.79. The van der Waals surface area contributed by atoms with Crippen molar-refractivity contribution >= 4 is 53.6 Å². The van der Waals surface area contributed by atoms with E-state index in [1.807, 2.05) is 12.1 Å². The largest absolute Gasteiger partial charge is 0.456 e. The van der Waals surface area contributed by atoms with Gasteiger partial charge in [0.05, 0.1) is 15.9 Å². The molecule has 1 aliphatic rings. The van der Waals surface area contributed by atoms with E-state index in [4.69, 9.17) is 14.4 Å². The summed E-state index contributed by atoms with van der Waals surface area (Å²) in [6, 6.07) is 38.4. The number of thiophene rings is 1. The van der Waals surface area contributed by atoms with Gasteiger partial charge in [0.15, 0.2) is 5.82 Å². The van der Waals surface area contributed by atoms with E-state index in [2.05, 4.69) is 111 Å². The van der Waals surface area contributed by atoms with E-state index in [1.165, 1.54) is 43.3 Å². The highest BCUT2D eigenvalue weighted by atomic mass is 32.1. The molecule has 0 amide bonds. The third-order valence-corrected chi connectivity index (χ3v) is 9.85. The molecule has 0 atom stereocenters. The van der Waals surface area contributed by atoms with Crippen LogP contribution in [0.4, 0.5) is 0 Å². The average Bonchev–Trinajstić information content (AvgIpc) is 3.65. The van der Waals surface area contributed by atoms with Crippen molar-refractivity contribution in [2.75, 3.05) is 0 Å². The number of nitrogens with zero attached hydrogens (tertiary/aromatic N) is 2. The molecule has 8 aromatic rings. The fourth-order valence-electron chi connectivity index (χ4n) is 6.87. The zero-order chi connectivity index (χ0) is 27.3. The second-order valence-electron chi connectivity index (χ2n) is 11.4. The van der Waals surface area contributed by atoms with Gasteiger partial charge in [-0.05, 0) is 40.5 Å². The Hall–Kier alpha value is -4.80. The monoisotopic (exact) mass is 544 g/mol. The van der Waals surface area contributed by atoms with Crippen LogP contribution in [0.3, 0.4) is 0 Å². The number of aromatic nitrogens is 2. The highest BCUT2D eigenvalue weighted by Crippen LogP contribution is 2.56. The molecule has 9 rings (SSSR count). The number of para-hydroxylation sites is 1. The Balaban J connectivity index is 1.40. The van der Waals surface area contributed by atoms with E-state index < -0.39 is 0 Å². The molecule has 0 radical (unpaired) electrons. The van der Waals surface area contributed by atoms with Crippen LogP contribution in [0.15, 0.2) is 114 Å². The second kappa shape index (κ2) is 8.12. The maximum absolute atomic E-state index is 6.31. The van der Waals surface area contributed by atoms with Crippen LogP contribution >= 0.6 is 11.3 Å². The van der Waals surface area contributed by atoms with Gasteiger partial charge in [0, 0.05) is 37.4 Å². The van der Waals surface area contributed by atoms with Crippen molar-refractivity contribution in [1.82, 2.24) is 9.97 Å². The maximum Gasteiger partial charge on any atom is 0.160 e. The Labute approximate surface area is 240 Å². The highest BCUT2D eigenvalue weighted by molar-refractivity contribution is 7.26. The molecule has 3 nitrogen and oxygen atoms in total. The number of hydrogen-bond donors (Lipinski definition) is 0. The first-order valence-electron chi connectivity index (χ1n) is 13.9. The average molecular weight is 545 g/mol. The molecule has 0 aliphatic heterocycles. The zero-order valence-electron chi connectivity index (χ0n) is 22.6. The third-order valence-electron chi connectivity index (χ3n) is 8.68. The van der Waals surface area contributed by atoms with Crippen molar-refractivity contribution in [2.45, 2.75) is 19.3 Å². The van der Waals surface area contributed by atoms with Crippen LogP contribution in [0.5, 0.6) is 0 Å². The summed E-state index contributed by atoms with van der Waals surface area (Å²) in [5.41, 5.74) is 11.0. The number of benzene rings is 5. The summed E-state index contributed by atoms with van der Waals surface area (Å²) < 4.78 is 8.67. The lowest BCUT2D eigenvalue weighted by Gasteiger charge is -2.24. The van der Waals surface area contributed by atoms with Crippen LogP contribution in [0.2, 0.25) is 0 Å². The zero-order valence-corrected chi connectivity index (χ0v) is 23.4. The van der Waals surface area contributed by atoms with Crippen LogP contribution in [-0.4, -0.2) is 9.97 Å². The van der Waals surface area contributed by atoms with Gasteiger partial charge in [-0.25, -0.2) is 9.97 Å². The van der Waals surface area contributed by atoms with Crippen molar-refractivity contribution in [3.05, 3.63) is 120 Å². The van der Waals surface area contributed by atoms with Gasteiger partial charge in [-0.3, -0.25) is 0 Å². The summed E-state index contributed by atoms with van der Waals surface area (Å²) in [7, 11) is 0. The number of fused-ring (bicyclic) bond motifs is 10. The fraction of sp³-hybridized carbons (Fsp3) is 0.0811. The summed E-state index contributed by atoms with van der Waals surface area (Å²) in [5.74, 6) is 0.755. The lowest BCUT2D eigenvalue weighted by molar-refractivity contribution is 0.657. The van der Waals surface area contributed by atoms with Gasteiger partial charge in [0.1, 0.15) is 11.2 Å². The van der Waals surface area contributed by atoms with Crippen molar-refractivity contribution in [1.29, 1.82) is 0 Å². The van der Waals surface area contributed by atoms with Crippen molar-refractivity contribution in [2.24, 2.45) is 0 Å². The molecule has 0 spiro atoms. The van der Waals surface area contributed by atoms with E-state index in [-0.39, 0.29) is 5.41 Å². The minimum absolute atomic E-state index is 0.227. The third kappa shape index (κ3) is 3.08. The molecule has 0 bridgehead atoms. The Morgan fingerprint density at radius 2 is 1.41 bits per heavy atom. The van der Waals surface area contributed by atoms with E-state index >= 15 is 0 Å². The normalized spacial score (nSPS) is 13.8. The summed E-state index contributed by atoms with van der Waals surface area (Å²) >= 11 is 1.78. The molecule has 3 heterocycles. The lowest BCUT2D eigenvalue weighted by Crippen LogP contribution is -2.16. The smallest absolute Gasteiger partial charge is 0.160 e. The van der Waals surface area contributed by atoms with Crippen LogP contribution in [0, 0.1) is 0 Å². The standard InChI is InChI=1S/C37H24N2OS/c1-37(2)26-19-20-28-31(22-13-6-8-17-27(22)40-28)30(26)24-15-10-16-25(32(24)37)34-35-33(23-14-7-9-18-29(23)41-35)38-36(39-34)21-11-4-3-5-12-21/h3-20H,1-2H3. The summed E-state index contributed by atoms with van der Waals surface area (Å²) in [5, 5.41) is 3.53. The van der Waals surface area contributed by atoms with Gasteiger partial charge in [0.25, 0.3) is 0 Å². The van der Waals surface area contributed by atoms with E-state index in [1.54, 1.807) is 11.3 Å². The van der Waals surface area contributed by atoms with Crippen LogP contribution in [0.25, 0.3) is 76.0 Å². The molecule has 4 heteroatoms. The molecular weight excluding hydrogens is 520 g/mol. The van der Waals surface area contributed by atoms with Gasteiger partial charge < -0.3 is 4.42 Å². The van der Waals surface area contributed by atoms with Crippen molar-refractivity contribution in [3.63, 3.8) is 0 Å². The fourth-order valence-corrected chi connectivity index (χ4v) is 8.02. The molecule has 0 fully saturated rings. The molecule has 0 saturated carbocycles. The molecule has 194 valence electrons. The SMILES string of the molecule is CC1(C)c2ccc3oc4ccccc4c3c2-c2cccc(-c3nc(-c4ccccc4)nc4c3sc3ccccc34)c21. The maximum atomic E-state index is 6.31. The molecule has 41 heavy (non-hydrogen) atoms. The molecule has 0 saturated heterocycles. The molecule has 1 aliphatic carbocycles. The van der Waals surface area contributed by atoms with Gasteiger partial charge in [-0.2, -0.15) is 0 Å². The summed E-state index contributed by atoms with van der Waals surface area (Å²) in [6.45, 7) is 4.69. The van der Waals surface area contributed by atoms with Crippen LogP contribution in [-0.2, 0) is 5.41 Å². The Morgan fingerprint density at radius 1 is 0.659 bits per heavy atom. The van der Waals surface area contributed by atoms with E-state index in [0.29, 0.717) is 0 Å². The summed E-state index contributed by atoms with van der Waals surface area (Å²) in [6.07, 6.45) is 0. The second-order valence-corrected chi connectivity index (χ2v) is 12.4. The minimum atomic E-state index is -0.227. The Bertz CT molecular complexity index is 2340. The van der Waals surface area contributed by atoms with E-state index in [9.17, 15) is 0 Å². The summed E-state index contributed by atoms with van der Waals surface area (Å²) in [4.78, 5) is 10.5. The first kappa shape index (κ1) is 23.0. The quantitative estimate of drug-likeness (QED) is 0.217. The highest BCUT2D eigenvalue weighted by Gasteiger charge is 2.40. The molecule has 0 N–H and O–H groups in total. The Morgan fingerprint density at radius 3 is 2.29 bits per heavy atom. The van der Waals surface area contributed by atoms with Crippen LogP contribution < -0.4 is 0 Å². The molecule has 5 aromatic carbocycles. The van der Waals surface area contributed by atoms with E-state index in [0.717, 1.165) is 43.9 Å². The number of hydrogen-bond acceptors (Lipinski definition) is 4. The molecule has 3 aromatic heterocycles. The van der Waals surface area contributed by atoms with Gasteiger partial charge in [0.2, 0.25) is 0 Å². The van der Waals surface area contributed by atoms with Crippen molar-refractivity contribution < 1.29 is 4.42 Å². The predicted molar refractivity (Wildman–Crippen MR) is 171 cm³/mol. The minimum Gasteiger partial charge on any atom is -0.456 e. The van der Waals surface area contributed by atoms with Crippen LogP contribution in [0.1, 0.15) is 25.0 Å². The van der Waals surface area contributed by atoms with Gasteiger partial charge in [-0.1, -0.05) is 105 Å².